The molecule has 0 aromatic rings. The predicted octanol–water partition coefficient (Wildman–Crippen LogP) is 7.39. The van der Waals surface area contributed by atoms with Crippen LogP contribution in [0, 0.1) is 0 Å². The van der Waals surface area contributed by atoms with Crippen LogP contribution in [0.15, 0.2) is 13.5 Å². The summed E-state index contributed by atoms with van der Waals surface area (Å²) in [4.78, 5) is 0. The van der Waals surface area contributed by atoms with E-state index < -0.39 is 19.0 Å². The maximum Gasteiger partial charge on any atom is 0.255 e. The van der Waals surface area contributed by atoms with E-state index in [-0.39, 0.29) is 5.16 Å². The lowest BCUT2D eigenvalue weighted by molar-refractivity contribution is 0.778. The highest BCUT2D eigenvalue weighted by Gasteiger charge is 2.37. The average Bonchev–Trinajstić information content (AvgIpc) is 1.72. The van der Waals surface area contributed by atoms with Crippen LogP contribution in [-0.4, -0.2) is 11.8 Å². The fourth-order valence-corrected chi connectivity index (χ4v) is 18.3. The normalized spacial score (nSPS) is 33.6. The Bertz CT molecular complexity index is 429. The van der Waals surface area contributed by atoms with Crippen LogP contribution < -0.4 is 0 Å². The second kappa shape index (κ2) is 4.20. The number of hydrogen-bond donors (Lipinski definition) is 0. The Labute approximate surface area is 110 Å². The number of hydrogen-bond acceptors (Lipinski definition) is 3. The van der Waals surface area contributed by atoms with Gasteiger partial charge in [0.1, 0.15) is 0 Å². The Morgan fingerprint density at radius 2 is 1.20 bits per heavy atom. The molecule has 0 bridgehead atoms. The molecular formula is C5H12Cl4N3P3. The van der Waals surface area contributed by atoms with Crippen molar-refractivity contribution in [1.82, 2.24) is 0 Å². The molecule has 1 aliphatic rings. The lowest BCUT2D eigenvalue weighted by Crippen LogP contribution is -2.12. The molecule has 10 heteroatoms. The van der Waals surface area contributed by atoms with Gasteiger partial charge in [0.15, 0.2) is 0 Å². The monoisotopic (exact) mass is 347 g/mol. The van der Waals surface area contributed by atoms with Gasteiger partial charge in [0, 0.05) is 5.16 Å². The summed E-state index contributed by atoms with van der Waals surface area (Å²) in [6.45, 7) is 8.02. The summed E-state index contributed by atoms with van der Waals surface area (Å²) in [6, 6.07) is 0. The van der Waals surface area contributed by atoms with Gasteiger partial charge in [-0.3, -0.25) is 0 Å². The van der Waals surface area contributed by atoms with E-state index >= 15 is 0 Å². The fourth-order valence-electron chi connectivity index (χ4n) is 0.871. The highest BCUT2D eigenvalue weighted by atomic mass is 35.9. The zero-order chi connectivity index (χ0) is 12.1. The molecule has 0 aromatic carbocycles. The maximum atomic E-state index is 6.02. The van der Waals surface area contributed by atoms with Gasteiger partial charge in [0.25, 0.3) is 11.8 Å². The third-order valence-electron chi connectivity index (χ3n) is 2.05. The SMILES string of the molecule is CC(C)(C)P1(C)=NP(Cl)(Cl)=NP(Cl)(Cl)=N1. The minimum atomic E-state index is -2.74. The molecule has 0 saturated heterocycles. The van der Waals surface area contributed by atoms with Crippen LogP contribution in [0.3, 0.4) is 0 Å². The number of rotatable bonds is 0. The smallest absolute Gasteiger partial charge is 0.213 e. The molecule has 0 amide bonds. The molecule has 3 nitrogen and oxygen atoms in total. The molecule has 1 aliphatic heterocycles. The van der Waals surface area contributed by atoms with Gasteiger partial charge >= 0.3 is 0 Å². The first kappa shape index (κ1) is 14.9. The topological polar surface area (TPSA) is 37.1 Å². The van der Waals surface area contributed by atoms with Crippen molar-refractivity contribution in [3.05, 3.63) is 0 Å². The summed E-state index contributed by atoms with van der Waals surface area (Å²) in [6.07, 6.45) is 0. The van der Waals surface area contributed by atoms with Crippen LogP contribution in [0.1, 0.15) is 20.8 Å². The Hall–Kier alpha value is 1.85. The van der Waals surface area contributed by atoms with Crippen LogP contribution >= 0.6 is 64.0 Å². The summed E-state index contributed by atoms with van der Waals surface area (Å²) in [5.41, 5.74) is 0. The molecule has 0 radical (unpaired) electrons. The van der Waals surface area contributed by atoms with Gasteiger partial charge in [-0.15, -0.1) is 0 Å². The standard InChI is InChI=1S/C5H12Cl4N3P3/c1-5(2,3)13(4)10-14(6,7)12-15(8,9)11-13/h1-4H3. The van der Waals surface area contributed by atoms with E-state index in [9.17, 15) is 0 Å². The molecule has 0 aromatic heterocycles. The first-order valence-electron chi connectivity index (χ1n) is 4.05. The average molecular weight is 349 g/mol. The number of nitrogens with zero attached hydrogens (tertiary/aromatic N) is 3. The van der Waals surface area contributed by atoms with Crippen molar-refractivity contribution in [3.8, 4) is 0 Å². The molecule has 1 atom stereocenters. The second-order valence-corrected chi connectivity index (χ2v) is 18.1. The lowest BCUT2D eigenvalue weighted by Gasteiger charge is -2.33. The summed E-state index contributed by atoms with van der Waals surface area (Å²) < 4.78 is 12.7. The Balaban J connectivity index is 3.58. The molecule has 0 saturated carbocycles. The molecule has 1 rings (SSSR count). The Kier molecular flexibility index (Phi) is 4.17. The van der Waals surface area contributed by atoms with Gasteiger partial charge in [0.05, 0.1) is 7.21 Å². The molecular weight excluding hydrogens is 337 g/mol. The molecule has 0 fully saturated rings. The van der Waals surface area contributed by atoms with Crippen molar-refractivity contribution in [1.29, 1.82) is 0 Å². The predicted molar refractivity (Wildman–Crippen MR) is 77.1 cm³/mol. The van der Waals surface area contributed by atoms with Crippen molar-refractivity contribution < 1.29 is 0 Å². The van der Waals surface area contributed by atoms with Gasteiger partial charge in [-0.25, -0.2) is 9.03 Å². The van der Waals surface area contributed by atoms with Crippen LogP contribution in [-0.2, 0) is 0 Å². The first-order valence-corrected chi connectivity index (χ1v) is 13.2. The third kappa shape index (κ3) is 3.65. The molecule has 90 valence electrons. The van der Waals surface area contributed by atoms with Gasteiger partial charge in [0.2, 0.25) is 0 Å². The van der Waals surface area contributed by atoms with Crippen molar-refractivity contribution in [3.63, 3.8) is 0 Å². The Morgan fingerprint density at radius 3 is 1.53 bits per heavy atom. The summed E-state index contributed by atoms with van der Waals surface area (Å²) in [7, 11) is -2.06. The van der Waals surface area contributed by atoms with Crippen LogP contribution in [0.2, 0.25) is 0 Å². The van der Waals surface area contributed by atoms with Gasteiger partial charge in [-0.1, -0.05) is 20.8 Å². The van der Waals surface area contributed by atoms with Crippen molar-refractivity contribution in [2.75, 3.05) is 6.66 Å². The molecule has 0 aliphatic carbocycles. The van der Waals surface area contributed by atoms with E-state index in [2.05, 4.69) is 13.5 Å². The van der Waals surface area contributed by atoms with Gasteiger partial charge < -0.3 is 0 Å². The van der Waals surface area contributed by atoms with Gasteiger partial charge in [-0.05, 0) is 51.6 Å². The van der Waals surface area contributed by atoms with Crippen molar-refractivity contribution in [2.24, 2.45) is 13.5 Å². The fraction of sp³-hybridized carbons (Fsp3) is 1.00. The highest BCUT2D eigenvalue weighted by molar-refractivity contribution is 8.21. The molecule has 0 N–H and O–H groups in total. The number of halogens is 4. The highest BCUT2D eigenvalue weighted by Crippen LogP contribution is 2.86. The van der Waals surface area contributed by atoms with E-state index in [0.717, 1.165) is 0 Å². The summed E-state index contributed by atoms with van der Waals surface area (Å²) in [5.74, 6) is -5.48. The lowest BCUT2D eigenvalue weighted by atomic mass is 10.3. The molecule has 1 unspecified atom stereocenters. The van der Waals surface area contributed by atoms with E-state index in [1.165, 1.54) is 0 Å². The van der Waals surface area contributed by atoms with Crippen LogP contribution in [0.25, 0.3) is 0 Å². The van der Waals surface area contributed by atoms with Gasteiger partial charge in [-0.2, -0.15) is 4.52 Å². The minimum absolute atomic E-state index is 0.146. The summed E-state index contributed by atoms with van der Waals surface area (Å²) in [5, 5.41) is -0.146. The van der Waals surface area contributed by atoms with Crippen molar-refractivity contribution >= 4 is 64.0 Å². The van der Waals surface area contributed by atoms with E-state index in [4.69, 9.17) is 45.0 Å². The maximum absolute atomic E-state index is 6.02. The zero-order valence-corrected chi connectivity index (χ0v) is 14.4. The molecule has 15 heavy (non-hydrogen) atoms. The summed E-state index contributed by atoms with van der Waals surface area (Å²) >= 11 is 24.1. The quantitative estimate of drug-likeness (QED) is 0.409. The largest absolute Gasteiger partial charge is 0.255 e. The first-order chi connectivity index (χ1) is 6.37. The Morgan fingerprint density at radius 1 is 0.800 bits per heavy atom. The van der Waals surface area contributed by atoms with E-state index in [0.29, 0.717) is 0 Å². The van der Waals surface area contributed by atoms with E-state index in [1.54, 1.807) is 0 Å². The van der Waals surface area contributed by atoms with Crippen LogP contribution in [0.4, 0.5) is 0 Å². The van der Waals surface area contributed by atoms with E-state index in [1.807, 2.05) is 27.4 Å². The van der Waals surface area contributed by atoms with Crippen molar-refractivity contribution in [2.45, 2.75) is 25.9 Å². The minimum Gasteiger partial charge on any atom is -0.213 e. The third-order valence-corrected chi connectivity index (χ3v) is 15.7. The zero-order valence-electron chi connectivity index (χ0n) is 8.70. The molecule has 1 heterocycles. The van der Waals surface area contributed by atoms with Crippen LogP contribution in [0.5, 0.6) is 0 Å². The molecule has 0 spiro atoms. The second-order valence-electron chi connectivity index (χ2n) is 4.26.